The second-order valence-electron chi connectivity index (χ2n) is 3.80. The van der Waals surface area contributed by atoms with Gasteiger partial charge in [-0.05, 0) is 24.1 Å². The molecule has 98 valence electrons. The molecule has 0 fully saturated rings. The number of nitrogens with one attached hydrogen (secondary N) is 1. The highest BCUT2D eigenvalue weighted by Gasteiger charge is 2.16. The van der Waals surface area contributed by atoms with Crippen LogP contribution in [0.25, 0.3) is 0 Å². The third kappa shape index (κ3) is 3.85. The van der Waals surface area contributed by atoms with Crippen molar-refractivity contribution in [3.05, 3.63) is 35.4 Å². The highest BCUT2D eigenvalue weighted by atomic mass is 16.5. The number of hydrogen-bond acceptors (Lipinski definition) is 4. The van der Waals surface area contributed by atoms with Gasteiger partial charge in [-0.25, -0.2) is 4.79 Å². The first-order valence-electron chi connectivity index (χ1n) is 5.71. The van der Waals surface area contributed by atoms with Crippen molar-refractivity contribution in [2.45, 2.75) is 19.4 Å². The Balaban J connectivity index is 2.52. The molecule has 2 N–H and O–H groups in total. The number of benzene rings is 1. The highest BCUT2D eigenvalue weighted by molar-refractivity contribution is 5.94. The molecule has 0 saturated heterocycles. The maximum Gasteiger partial charge on any atom is 0.336 e. The molecule has 0 saturated carbocycles. The minimum absolute atomic E-state index is 0.166. The van der Waals surface area contributed by atoms with Crippen LogP contribution in [0.5, 0.6) is 0 Å². The molecule has 0 bridgehead atoms. The first kappa shape index (κ1) is 14.2. The van der Waals surface area contributed by atoms with E-state index in [9.17, 15) is 14.7 Å². The lowest BCUT2D eigenvalue weighted by atomic mass is 10.1. The highest BCUT2D eigenvalue weighted by Crippen LogP contribution is 2.04. The minimum atomic E-state index is -1.34. The molecule has 1 aromatic rings. The third-order valence-corrected chi connectivity index (χ3v) is 2.55. The van der Waals surface area contributed by atoms with E-state index in [1.165, 1.54) is 7.11 Å². The van der Waals surface area contributed by atoms with Crippen LogP contribution in [-0.2, 0) is 16.0 Å². The van der Waals surface area contributed by atoms with E-state index in [0.717, 1.165) is 12.0 Å². The Hall–Kier alpha value is -1.88. The Labute approximate surface area is 106 Å². The lowest BCUT2D eigenvalue weighted by Crippen LogP contribution is -2.37. The van der Waals surface area contributed by atoms with Crippen LogP contribution in [0.3, 0.4) is 0 Å². The number of carbonyl (C=O) groups excluding carboxylic acids is 2. The molecule has 0 unspecified atom stereocenters. The monoisotopic (exact) mass is 251 g/mol. The van der Waals surface area contributed by atoms with Crippen LogP contribution in [-0.4, -0.2) is 36.7 Å². The van der Waals surface area contributed by atoms with Gasteiger partial charge in [0.25, 0.3) is 5.91 Å². The van der Waals surface area contributed by atoms with Crippen molar-refractivity contribution in [3.63, 3.8) is 0 Å². The molecule has 1 rings (SSSR count). The quantitative estimate of drug-likeness (QED) is 0.748. The number of carbonyl (C=O) groups is 2. The average molecular weight is 251 g/mol. The van der Waals surface area contributed by atoms with Gasteiger partial charge in [0, 0.05) is 5.56 Å². The first-order valence-corrected chi connectivity index (χ1v) is 5.71. The van der Waals surface area contributed by atoms with Crippen LogP contribution in [0, 0.1) is 0 Å². The standard InChI is InChI=1S/C13H17NO4/c1-3-9-4-6-10(7-5-9)12(16)14-8-11(15)13(17)18-2/h4-7,11,15H,3,8H2,1-2H3,(H,14,16)/t11-/m0/s1. The average Bonchev–Trinajstić information content (AvgIpc) is 2.43. The van der Waals surface area contributed by atoms with Gasteiger partial charge < -0.3 is 15.2 Å². The molecule has 0 heterocycles. The number of hydrogen-bond donors (Lipinski definition) is 2. The summed E-state index contributed by atoms with van der Waals surface area (Å²) in [5.74, 6) is -1.10. The molecule has 1 amide bonds. The van der Waals surface area contributed by atoms with Crippen LogP contribution in [0.15, 0.2) is 24.3 Å². The van der Waals surface area contributed by atoms with E-state index in [1.807, 2.05) is 19.1 Å². The van der Waals surface area contributed by atoms with E-state index in [0.29, 0.717) is 5.56 Å². The molecule has 1 aromatic carbocycles. The van der Waals surface area contributed by atoms with Gasteiger partial charge in [-0.15, -0.1) is 0 Å². The smallest absolute Gasteiger partial charge is 0.336 e. The summed E-state index contributed by atoms with van der Waals surface area (Å²) >= 11 is 0. The Morgan fingerprint density at radius 3 is 2.44 bits per heavy atom. The number of esters is 1. The molecular formula is C13H17NO4. The number of ether oxygens (including phenoxy) is 1. The summed E-state index contributed by atoms with van der Waals surface area (Å²) < 4.78 is 4.34. The Morgan fingerprint density at radius 2 is 1.94 bits per heavy atom. The van der Waals surface area contributed by atoms with Gasteiger partial charge in [-0.3, -0.25) is 4.79 Å². The Kier molecular flexibility index (Phi) is 5.32. The summed E-state index contributed by atoms with van der Waals surface area (Å²) in [5.41, 5.74) is 1.63. The minimum Gasteiger partial charge on any atom is -0.467 e. The van der Waals surface area contributed by atoms with Crippen LogP contribution in [0.4, 0.5) is 0 Å². The molecule has 5 nitrogen and oxygen atoms in total. The fourth-order valence-electron chi connectivity index (χ4n) is 1.40. The Morgan fingerprint density at radius 1 is 1.33 bits per heavy atom. The summed E-state index contributed by atoms with van der Waals surface area (Å²) in [6, 6.07) is 7.15. The van der Waals surface area contributed by atoms with E-state index in [2.05, 4.69) is 10.1 Å². The van der Waals surface area contributed by atoms with Crippen LogP contribution >= 0.6 is 0 Å². The number of rotatable bonds is 5. The zero-order valence-corrected chi connectivity index (χ0v) is 10.5. The van der Waals surface area contributed by atoms with Crippen molar-refractivity contribution in [3.8, 4) is 0 Å². The number of aliphatic hydroxyl groups excluding tert-OH is 1. The lowest BCUT2D eigenvalue weighted by molar-refractivity contribution is -0.149. The van der Waals surface area contributed by atoms with Gasteiger partial charge in [0.1, 0.15) is 0 Å². The van der Waals surface area contributed by atoms with Crippen LogP contribution in [0.2, 0.25) is 0 Å². The summed E-state index contributed by atoms with van der Waals surface area (Å²) in [6.07, 6.45) is -0.433. The fourth-order valence-corrected chi connectivity index (χ4v) is 1.40. The zero-order valence-electron chi connectivity index (χ0n) is 10.5. The molecule has 0 radical (unpaired) electrons. The van der Waals surface area contributed by atoms with Gasteiger partial charge >= 0.3 is 5.97 Å². The molecule has 18 heavy (non-hydrogen) atoms. The molecule has 0 aromatic heterocycles. The van der Waals surface area contributed by atoms with Crippen molar-refractivity contribution >= 4 is 11.9 Å². The van der Waals surface area contributed by atoms with Gasteiger partial charge in [0.15, 0.2) is 6.10 Å². The van der Waals surface area contributed by atoms with Crippen molar-refractivity contribution in [2.24, 2.45) is 0 Å². The third-order valence-electron chi connectivity index (χ3n) is 2.55. The van der Waals surface area contributed by atoms with E-state index in [-0.39, 0.29) is 12.5 Å². The summed E-state index contributed by atoms with van der Waals surface area (Å²) in [5, 5.41) is 11.8. The van der Waals surface area contributed by atoms with Gasteiger partial charge in [0.05, 0.1) is 13.7 Å². The molecule has 0 spiro atoms. The van der Waals surface area contributed by atoms with Crippen molar-refractivity contribution in [1.29, 1.82) is 0 Å². The normalized spacial score (nSPS) is 11.7. The predicted molar refractivity (Wildman–Crippen MR) is 66.2 cm³/mol. The van der Waals surface area contributed by atoms with E-state index >= 15 is 0 Å². The summed E-state index contributed by atoms with van der Waals surface area (Å²) in [4.78, 5) is 22.6. The van der Waals surface area contributed by atoms with Crippen molar-refractivity contribution in [1.82, 2.24) is 5.32 Å². The molecule has 0 aliphatic heterocycles. The number of methoxy groups -OCH3 is 1. The van der Waals surface area contributed by atoms with E-state index in [1.54, 1.807) is 12.1 Å². The van der Waals surface area contributed by atoms with E-state index in [4.69, 9.17) is 0 Å². The van der Waals surface area contributed by atoms with Gasteiger partial charge in [0.2, 0.25) is 0 Å². The molecule has 0 aliphatic rings. The molecule has 1 atom stereocenters. The maximum absolute atomic E-state index is 11.7. The second kappa shape index (κ2) is 6.76. The SMILES string of the molecule is CCc1ccc(C(=O)NC[C@H](O)C(=O)OC)cc1. The predicted octanol–water partition coefficient (Wildman–Crippen LogP) is 0.513. The van der Waals surface area contributed by atoms with Crippen molar-refractivity contribution in [2.75, 3.05) is 13.7 Å². The molecule has 5 heteroatoms. The van der Waals surface area contributed by atoms with Crippen LogP contribution in [0.1, 0.15) is 22.8 Å². The van der Waals surface area contributed by atoms with Gasteiger partial charge in [-0.2, -0.15) is 0 Å². The Bertz CT molecular complexity index is 414. The first-order chi connectivity index (χ1) is 8.58. The number of aliphatic hydroxyl groups is 1. The maximum atomic E-state index is 11.7. The van der Waals surface area contributed by atoms with E-state index < -0.39 is 12.1 Å². The topological polar surface area (TPSA) is 75.6 Å². The molecular weight excluding hydrogens is 234 g/mol. The van der Waals surface area contributed by atoms with Gasteiger partial charge in [-0.1, -0.05) is 19.1 Å². The van der Waals surface area contributed by atoms with Crippen molar-refractivity contribution < 1.29 is 19.4 Å². The largest absolute Gasteiger partial charge is 0.467 e. The zero-order chi connectivity index (χ0) is 13.5. The number of aryl methyl sites for hydroxylation is 1. The number of amides is 1. The second-order valence-corrected chi connectivity index (χ2v) is 3.80. The van der Waals surface area contributed by atoms with Crippen LogP contribution < -0.4 is 5.32 Å². The fraction of sp³-hybridized carbons (Fsp3) is 0.385. The summed E-state index contributed by atoms with van der Waals surface area (Å²) in [7, 11) is 1.18. The summed E-state index contributed by atoms with van der Waals surface area (Å²) in [6.45, 7) is 1.86. The molecule has 0 aliphatic carbocycles. The lowest BCUT2D eigenvalue weighted by Gasteiger charge is -2.09.